The van der Waals surface area contributed by atoms with E-state index in [9.17, 15) is 9.59 Å². The third kappa shape index (κ3) is 4.77. The van der Waals surface area contributed by atoms with Crippen LogP contribution in [-0.2, 0) is 16.1 Å². The Labute approximate surface area is 125 Å². The molecule has 5 heteroatoms. The fourth-order valence-electron chi connectivity index (χ4n) is 2.15. The van der Waals surface area contributed by atoms with Crippen LogP contribution in [0.5, 0.6) is 5.75 Å². The molecule has 2 rings (SSSR count). The molecule has 1 aromatic carbocycles. The summed E-state index contributed by atoms with van der Waals surface area (Å²) in [4.78, 5) is 22.9. The average Bonchev–Trinajstić information content (AvgIpc) is 2.82. The highest BCUT2D eigenvalue weighted by molar-refractivity contribution is 5.90. The normalized spacial score (nSPS) is 18.2. The van der Waals surface area contributed by atoms with Gasteiger partial charge in [-0.05, 0) is 44.9 Å². The second-order valence-electron chi connectivity index (χ2n) is 6.23. The summed E-state index contributed by atoms with van der Waals surface area (Å²) in [6.07, 6.45) is 1.000. The van der Waals surface area contributed by atoms with Gasteiger partial charge in [-0.1, -0.05) is 12.1 Å². The maximum Gasteiger partial charge on any atom is 0.242 e. The predicted octanol–water partition coefficient (Wildman–Crippen LogP) is 1.76. The zero-order chi connectivity index (χ0) is 15.5. The molecule has 114 valence electrons. The molecule has 0 saturated carbocycles. The Balaban J connectivity index is 1.83. The van der Waals surface area contributed by atoms with Crippen molar-refractivity contribution < 1.29 is 14.3 Å². The Morgan fingerprint density at radius 2 is 2.00 bits per heavy atom. The number of carbonyl (C=O) groups excluding carboxylic acids is 2. The molecule has 1 saturated heterocycles. The summed E-state index contributed by atoms with van der Waals surface area (Å²) in [6, 6.07) is 7.25. The molecule has 2 amide bonds. The SMILES string of the molecule is CC(C)(C)Oc1ccc(CNC(=O)C2CCC(=O)N2)cc1. The van der Waals surface area contributed by atoms with Gasteiger partial charge in [0.2, 0.25) is 11.8 Å². The van der Waals surface area contributed by atoms with Gasteiger partial charge in [0, 0.05) is 13.0 Å². The van der Waals surface area contributed by atoms with Gasteiger partial charge in [0.1, 0.15) is 17.4 Å². The van der Waals surface area contributed by atoms with E-state index in [0.717, 1.165) is 11.3 Å². The zero-order valence-corrected chi connectivity index (χ0v) is 12.7. The Hall–Kier alpha value is -2.04. The van der Waals surface area contributed by atoms with E-state index in [1.807, 2.05) is 45.0 Å². The number of hydrogen-bond donors (Lipinski definition) is 2. The lowest BCUT2D eigenvalue weighted by Crippen LogP contribution is -2.41. The Morgan fingerprint density at radius 3 is 2.52 bits per heavy atom. The Morgan fingerprint density at radius 1 is 1.33 bits per heavy atom. The molecule has 0 radical (unpaired) electrons. The first kappa shape index (κ1) is 15.4. The van der Waals surface area contributed by atoms with Crippen LogP contribution >= 0.6 is 0 Å². The number of rotatable bonds is 4. The van der Waals surface area contributed by atoms with Gasteiger partial charge in [-0.15, -0.1) is 0 Å². The average molecular weight is 290 g/mol. The van der Waals surface area contributed by atoms with Gasteiger partial charge in [-0.2, -0.15) is 0 Å². The third-order valence-electron chi connectivity index (χ3n) is 3.13. The van der Waals surface area contributed by atoms with Crippen LogP contribution in [0.1, 0.15) is 39.2 Å². The van der Waals surface area contributed by atoms with Crippen LogP contribution in [0.3, 0.4) is 0 Å². The number of hydrogen-bond acceptors (Lipinski definition) is 3. The number of carbonyl (C=O) groups is 2. The van der Waals surface area contributed by atoms with Crippen molar-refractivity contribution in [2.24, 2.45) is 0 Å². The second kappa shape index (κ2) is 6.16. The van der Waals surface area contributed by atoms with Gasteiger partial charge in [0.15, 0.2) is 0 Å². The first-order valence-corrected chi connectivity index (χ1v) is 7.18. The molecule has 21 heavy (non-hydrogen) atoms. The molecule has 1 heterocycles. The number of benzene rings is 1. The smallest absolute Gasteiger partial charge is 0.242 e. The Kier molecular flexibility index (Phi) is 4.50. The topological polar surface area (TPSA) is 67.4 Å². The molecule has 0 bridgehead atoms. The quantitative estimate of drug-likeness (QED) is 0.888. The minimum absolute atomic E-state index is 0.0566. The van der Waals surface area contributed by atoms with E-state index in [1.54, 1.807) is 0 Å². The van der Waals surface area contributed by atoms with Crippen molar-refractivity contribution in [1.29, 1.82) is 0 Å². The zero-order valence-electron chi connectivity index (χ0n) is 12.7. The van der Waals surface area contributed by atoms with Crippen molar-refractivity contribution in [2.45, 2.75) is 51.8 Å². The first-order valence-electron chi connectivity index (χ1n) is 7.18. The van der Waals surface area contributed by atoms with E-state index >= 15 is 0 Å². The van der Waals surface area contributed by atoms with E-state index in [0.29, 0.717) is 19.4 Å². The van der Waals surface area contributed by atoms with Crippen LogP contribution in [0, 0.1) is 0 Å². The lowest BCUT2D eigenvalue weighted by Gasteiger charge is -2.21. The van der Waals surface area contributed by atoms with E-state index in [4.69, 9.17) is 4.74 Å². The molecular formula is C16H22N2O3. The summed E-state index contributed by atoms with van der Waals surface area (Å²) in [6.45, 7) is 6.44. The molecule has 5 nitrogen and oxygen atoms in total. The van der Waals surface area contributed by atoms with Crippen LogP contribution in [0.4, 0.5) is 0 Å². The molecule has 1 unspecified atom stereocenters. The Bertz CT molecular complexity index is 517. The van der Waals surface area contributed by atoms with Crippen LogP contribution < -0.4 is 15.4 Å². The second-order valence-corrected chi connectivity index (χ2v) is 6.23. The fourth-order valence-corrected chi connectivity index (χ4v) is 2.15. The summed E-state index contributed by atoms with van der Waals surface area (Å²) in [5.74, 6) is 0.621. The van der Waals surface area contributed by atoms with Gasteiger partial charge < -0.3 is 15.4 Å². The summed E-state index contributed by atoms with van der Waals surface area (Å²) in [5, 5.41) is 5.49. The summed E-state index contributed by atoms with van der Waals surface area (Å²) in [7, 11) is 0. The van der Waals surface area contributed by atoms with Crippen LogP contribution in [0.15, 0.2) is 24.3 Å². The summed E-state index contributed by atoms with van der Waals surface area (Å²) >= 11 is 0. The maximum absolute atomic E-state index is 11.9. The lowest BCUT2D eigenvalue weighted by atomic mass is 10.1. The monoisotopic (exact) mass is 290 g/mol. The molecule has 1 fully saturated rings. The number of ether oxygens (including phenoxy) is 1. The highest BCUT2D eigenvalue weighted by atomic mass is 16.5. The summed E-state index contributed by atoms with van der Waals surface area (Å²) in [5.41, 5.74) is 0.769. The van der Waals surface area contributed by atoms with Crippen LogP contribution in [0.25, 0.3) is 0 Å². The van der Waals surface area contributed by atoms with Gasteiger partial charge in [0.05, 0.1) is 0 Å². The van der Waals surface area contributed by atoms with Crippen molar-refractivity contribution in [3.63, 3.8) is 0 Å². The number of amides is 2. The molecule has 0 aromatic heterocycles. The van der Waals surface area contributed by atoms with Crippen molar-refractivity contribution in [3.8, 4) is 5.75 Å². The number of nitrogens with one attached hydrogen (secondary N) is 2. The lowest BCUT2D eigenvalue weighted by molar-refractivity contribution is -0.125. The third-order valence-corrected chi connectivity index (χ3v) is 3.13. The molecular weight excluding hydrogens is 268 g/mol. The fraction of sp³-hybridized carbons (Fsp3) is 0.500. The van der Waals surface area contributed by atoms with Crippen LogP contribution in [-0.4, -0.2) is 23.5 Å². The molecule has 1 aromatic rings. The van der Waals surface area contributed by atoms with E-state index < -0.39 is 0 Å². The van der Waals surface area contributed by atoms with E-state index in [2.05, 4.69) is 10.6 Å². The molecule has 1 atom stereocenters. The molecule has 0 spiro atoms. The highest BCUT2D eigenvalue weighted by Gasteiger charge is 2.26. The van der Waals surface area contributed by atoms with E-state index in [1.165, 1.54) is 0 Å². The van der Waals surface area contributed by atoms with Gasteiger partial charge in [0.25, 0.3) is 0 Å². The minimum Gasteiger partial charge on any atom is -0.488 e. The van der Waals surface area contributed by atoms with Crippen molar-refractivity contribution >= 4 is 11.8 Å². The standard InChI is InChI=1S/C16H22N2O3/c1-16(2,3)21-12-6-4-11(5-7-12)10-17-15(20)13-8-9-14(19)18-13/h4-7,13H,8-10H2,1-3H3,(H,17,20)(H,18,19). The molecule has 2 N–H and O–H groups in total. The van der Waals surface area contributed by atoms with Gasteiger partial charge >= 0.3 is 0 Å². The van der Waals surface area contributed by atoms with Crippen LogP contribution in [0.2, 0.25) is 0 Å². The van der Waals surface area contributed by atoms with Crippen molar-refractivity contribution in [1.82, 2.24) is 10.6 Å². The molecule has 1 aliphatic rings. The van der Waals surface area contributed by atoms with Crippen molar-refractivity contribution in [2.75, 3.05) is 0 Å². The van der Waals surface area contributed by atoms with Gasteiger partial charge in [-0.3, -0.25) is 9.59 Å². The first-order chi connectivity index (χ1) is 9.83. The summed E-state index contributed by atoms with van der Waals surface area (Å²) < 4.78 is 5.74. The van der Waals surface area contributed by atoms with Crippen molar-refractivity contribution in [3.05, 3.63) is 29.8 Å². The maximum atomic E-state index is 11.9. The minimum atomic E-state index is -0.388. The molecule has 0 aliphatic carbocycles. The largest absolute Gasteiger partial charge is 0.488 e. The van der Waals surface area contributed by atoms with E-state index in [-0.39, 0.29) is 23.5 Å². The highest BCUT2D eigenvalue weighted by Crippen LogP contribution is 2.18. The molecule has 1 aliphatic heterocycles. The van der Waals surface area contributed by atoms with Gasteiger partial charge in [-0.25, -0.2) is 0 Å². The predicted molar refractivity (Wildman–Crippen MR) is 79.8 cm³/mol.